The monoisotopic (exact) mass is 1570 g/mol. The molecule has 4 N–H and O–H groups in total. The molecule has 2 saturated heterocycles. The van der Waals surface area contributed by atoms with Gasteiger partial charge >= 0.3 is 25.6 Å². The highest BCUT2D eigenvalue weighted by Gasteiger charge is 2.48. The number of aliphatic hydroxyl groups excluding tert-OH is 1. The molecule has 0 radical (unpaired) electrons. The maximum absolute atomic E-state index is 15.7. The third kappa shape index (κ3) is 19.3. The minimum Gasteiger partial charge on any atom is -0.497 e. The summed E-state index contributed by atoms with van der Waals surface area (Å²) in [7, 11) is -0.247. The van der Waals surface area contributed by atoms with Crippen molar-refractivity contribution in [2.75, 3.05) is 64.9 Å². The van der Waals surface area contributed by atoms with Crippen molar-refractivity contribution in [3.63, 3.8) is 0 Å². The number of nitrogens with zero attached hydrogens (tertiary/aromatic N) is 8. The first kappa shape index (κ1) is 80.2. The molecule has 4 amide bonds. The number of aliphatic hydroxyl groups is 1. The number of nitriles is 1. The second-order valence-corrected chi connectivity index (χ2v) is 29.2. The van der Waals surface area contributed by atoms with Crippen molar-refractivity contribution in [2.45, 2.75) is 119 Å². The molecule has 8 atom stereocenters. The first-order chi connectivity index (χ1) is 55.4. The fourth-order valence-electron chi connectivity index (χ4n) is 14.1. The molecule has 30 heteroatoms. The van der Waals surface area contributed by atoms with Gasteiger partial charge in [-0.2, -0.15) is 10.2 Å². The van der Waals surface area contributed by atoms with Crippen LogP contribution in [0.15, 0.2) is 212 Å². The molecule has 2 fully saturated rings. The van der Waals surface area contributed by atoms with Crippen LogP contribution in [0, 0.1) is 11.3 Å². The second kappa shape index (κ2) is 37.2. The molecule has 29 nitrogen and oxygen atoms in total. The van der Waals surface area contributed by atoms with Gasteiger partial charge in [0, 0.05) is 63.5 Å². The molecule has 0 saturated carbocycles. The quantitative estimate of drug-likeness (QED) is 0.0124. The summed E-state index contributed by atoms with van der Waals surface area (Å²) >= 11 is 0. The van der Waals surface area contributed by atoms with Crippen LogP contribution in [0.25, 0.3) is 22.3 Å². The molecule has 0 bridgehead atoms. The Labute approximate surface area is 657 Å². The van der Waals surface area contributed by atoms with Crippen LogP contribution < -0.4 is 31.1 Å². The number of hydrogen-bond donors (Lipinski definition) is 4. The number of fused-ring (bicyclic) bond motifs is 4. The maximum Gasteiger partial charge on any atom is 0.475 e. The Morgan fingerprint density at radius 3 is 1.96 bits per heavy atom. The second-order valence-electron chi connectivity index (χ2n) is 27.6. The average Bonchev–Trinajstić information content (AvgIpc) is 0.967. The number of ether oxygens (including phenoxy) is 7. The fraction of sp³-hybridized carbons (Fsp3) is 0.321. The molecule has 13 rings (SSSR count). The number of anilines is 2. The number of imidazole rings is 1. The minimum atomic E-state index is -4.96. The van der Waals surface area contributed by atoms with Gasteiger partial charge in [0.1, 0.15) is 72.7 Å². The van der Waals surface area contributed by atoms with Crippen LogP contribution in [0.5, 0.6) is 11.5 Å². The van der Waals surface area contributed by atoms with E-state index in [4.69, 9.17) is 46.7 Å². The van der Waals surface area contributed by atoms with Crippen LogP contribution in [0.4, 0.5) is 16.4 Å². The van der Waals surface area contributed by atoms with E-state index in [1.165, 1.54) is 36.7 Å². The van der Waals surface area contributed by atoms with E-state index < -0.39 is 99.2 Å². The van der Waals surface area contributed by atoms with Crippen molar-refractivity contribution in [1.82, 2.24) is 39.3 Å². The van der Waals surface area contributed by atoms with E-state index in [1.54, 1.807) is 50.1 Å². The van der Waals surface area contributed by atoms with Crippen molar-refractivity contribution in [2.24, 2.45) is 0 Å². The molecular weight excluding hydrogens is 1480 g/mol. The summed E-state index contributed by atoms with van der Waals surface area (Å²) in [5, 5.41) is 28.4. The third-order valence-electron chi connectivity index (χ3n) is 19.9. The van der Waals surface area contributed by atoms with Gasteiger partial charge in [-0.3, -0.25) is 41.9 Å². The van der Waals surface area contributed by atoms with Crippen molar-refractivity contribution in [3.05, 3.63) is 262 Å². The molecule has 1 aliphatic carbocycles. The number of carbonyl (C=O) groups is 5. The smallest absolute Gasteiger partial charge is 0.475 e. The van der Waals surface area contributed by atoms with E-state index in [1.807, 2.05) is 152 Å². The van der Waals surface area contributed by atoms with Crippen molar-refractivity contribution >= 4 is 60.4 Å². The third-order valence-corrected chi connectivity index (χ3v) is 21.4. The number of hydrogen-bond acceptors (Lipinski definition) is 23. The minimum absolute atomic E-state index is 0.0389. The van der Waals surface area contributed by atoms with E-state index in [9.17, 15) is 39.1 Å². The van der Waals surface area contributed by atoms with Crippen LogP contribution in [0.3, 0.4) is 0 Å². The maximum atomic E-state index is 15.7. The zero-order valence-corrected chi connectivity index (χ0v) is 64.0. The Morgan fingerprint density at radius 1 is 0.693 bits per heavy atom. The summed E-state index contributed by atoms with van der Waals surface area (Å²) in [4.78, 5) is 99.9. The lowest BCUT2D eigenvalue weighted by Gasteiger charge is -2.37. The predicted octanol–water partition coefficient (Wildman–Crippen LogP) is 11.9. The topological polar surface area (TPSA) is 357 Å². The average molecular weight is 1570 g/mol. The molecule has 114 heavy (non-hydrogen) atoms. The SMILES string of the molecule is COc1ccc(C(OC[C@H]2O[C@@H](n3cnc4c(NC(=O)c5ccc(CNC(=O)Cc6ccccc6)cc5)ncnc43)CC2OP(=O)(OCCC#N)OC[C@H]2O[C@@H](n3ccc(NC(=O)CCCN(C)C(=O)OCC4c5ccccc5-c5ccccc54)nc3=O)CC2OC(=O)CCC(C)O)(c2ccccc2)c2ccc(OC)cc2)cc1. The van der Waals surface area contributed by atoms with E-state index in [2.05, 4.69) is 48.0 Å². The predicted molar refractivity (Wildman–Crippen MR) is 416 cm³/mol. The number of nitrogens with one attached hydrogen (secondary N) is 3. The zero-order valence-electron chi connectivity index (χ0n) is 63.1. The Kier molecular flexibility index (Phi) is 26.2. The van der Waals surface area contributed by atoms with Crippen LogP contribution in [0.2, 0.25) is 0 Å². The molecule has 7 aromatic carbocycles. The van der Waals surface area contributed by atoms with Crippen molar-refractivity contribution in [3.8, 4) is 28.7 Å². The molecular formula is C84H86N11O18P. The number of phosphoric ester groups is 1. The van der Waals surface area contributed by atoms with Crippen LogP contribution in [-0.4, -0.2) is 154 Å². The summed E-state index contributed by atoms with van der Waals surface area (Å²) in [5.74, 6) is -0.850. The van der Waals surface area contributed by atoms with Gasteiger partial charge in [-0.25, -0.2) is 29.1 Å². The number of esters is 1. The normalized spacial score (nSPS) is 17.8. The molecule has 590 valence electrons. The number of carbonyl (C=O) groups excluding carboxylic acids is 5. The highest BCUT2D eigenvalue weighted by atomic mass is 31.2. The first-order valence-corrected chi connectivity index (χ1v) is 38.8. The van der Waals surface area contributed by atoms with Gasteiger partial charge in [-0.05, 0) is 112 Å². The van der Waals surface area contributed by atoms with E-state index in [0.717, 1.165) is 37.9 Å². The van der Waals surface area contributed by atoms with E-state index in [0.29, 0.717) is 28.2 Å². The Balaban J connectivity index is 0.728. The van der Waals surface area contributed by atoms with Gasteiger partial charge in [0.2, 0.25) is 11.8 Å². The van der Waals surface area contributed by atoms with Gasteiger partial charge in [0.25, 0.3) is 5.91 Å². The zero-order chi connectivity index (χ0) is 79.7. The van der Waals surface area contributed by atoms with Gasteiger partial charge in [-0.15, -0.1) is 0 Å². The highest BCUT2D eigenvalue weighted by Crippen LogP contribution is 2.55. The lowest BCUT2D eigenvalue weighted by atomic mass is 9.80. The lowest BCUT2D eigenvalue weighted by molar-refractivity contribution is -0.153. The number of rotatable bonds is 35. The largest absolute Gasteiger partial charge is 0.497 e. The lowest BCUT2D eigenvalue weighted by Crippen LogP contribution is -2.38. The van der Waals surface area contributed by atoms with Gasteiger partial charge in [-0.1, -0.05) is 146 Å². The van der Waals surface area contributed by atoms with E-state index in [-0.39, 0.29) is 118 Å². The summed E-state index contributed by atoms with van der Waals surface area (Å²) in [5.41, 5.74) is 6.46. The standard InChI is InChI=1S/C84H86N11O18P/c1-54(96)26-39-77(99)112-68-46-75(94-43-40-72(91-82(94)101)90-73(97)25-15-42-93(2)83(102)106-49-67-65-23-13-11-21-63(65)64-22-12-14-24-66(64)67)111-71(68)51-109-114(103,108-44-16-41-85)113-69-47-76(110-70(69)50-107-84(58-19-9-6-10-20-58,59-31-35-61(104-3)36-32-59)60-33-37-62(105-4)38-34-60)95-53-89-78-79(87-52-88-80(78)95)92-81(100)57-29-27-56(28-30-57)48-86-74(98)45-55-17-7-5-8-18-55/h5-14,17-24,27-38,40,43,52-54,67-71,75-76,96H,15-16,25-26,39,42,44-51H2,1-4H3,(H,86,98)(H,87,88,92,100)(H,90,91,97,101)/t54?,68?,69?,70-,71-,75-,76-,114?/m1/s1. The summed E-state index contributed by atoms with van der Waals surface area (Å²) in [6.07, 6.45) is -4.78. The number of methoxy groups -OCH3 is 2. The van der Waals surface area contributed by atoms with Crippen LogP contribution in [0.1, 0.15) is 120 Å². The molecule has 3 aliphatic rings. The molecule has 3 aromatic heterocycles. The van der Waals surface area contributed by atoms with Crippen molar-refractivity contribution < 1.29 is 80.4 Å². The van der Waals surface area contributed by atoms with Gasteiger partial charge < -0.3 is 59.1 Å². The highest BCUT2D eigenvalue weighted by molar-refractivity contribution is 7.48. The first-order valence-electron chi connectivity index (χ1n) is 37.3. The fourth-order valence-corrected chi connectivity index (χ4v) is 15.5. The molecule has 10 aromatic rings. The molecule has 5 heterocycles. The number of benzene rings is 7. The van der Waals surface area contributed by atoms with Crippen LogP contribution in [-0.2, 0) is 74.8 Å². The number of phosphoric acid groups is 1. The molecule has 2 aliphatic heterocycles. The van der Waals surface area contributed by atoms with E-state index >= 15 is 4.57 Å². The summed E-state index contributed by atoms with van der Waals surface area (Å²) in [6, 6.07) is 59.8. The molecule has 4 unspecified atom stereocenters. The number of amides is 4. The Hall–Kier alpha value is -11.8. The molecule has 0 spiro atoms. The Bertz CT molecular complexity index is 5070. The van der Waals surface area contributed by atoms with Gasteiger partial charge in [0.15, 0.2) is 17.0 Å². The number of aromatic nitrogens is 6. The van der Waals surface area contributed by atoms with Crippen molar-refractivity contribution in [1.29, 1.82) is 5.26 Å². The summed E-state index contributed by atoms with van der Waals surface area (Å²) < 4.78 is 81.1. The Morgan fingerprint density at radius 2 is 1.32 bits per heavy atom. The summed E-state index contributed by atoms with van der Waals surface area (Å²) in [6.45, 7) is 0.655. The van der Waals surface area contributed by atoms with Gasteiger partial charge in [0.05, 0.1) is 65.4 Å². The van der Waals surface area contributed by atoms with Crippen LogP contribution >= 0.6 is 7.82 Å².